The van der Waals surface area contributed by atoms with Crippen LogP contribution >= 0.6 is 0 Å². The van der Waals surface area contributed by atoms with Crippen molar-refractivity contribution in [2.45, 2.75) is 27.7 Å². The summed E-state index contributed by atoms with van der Waals surface area (Å²) in [6, 6.07) is 17.3. The maximum absolute atomic E-state index is 12.0. The van der Waals surface area contributed by atoms with E-state index in [1.807, 2.05) is 70.2 Å². The third-order valence-corrected chi connectivity index (χ3v) is 3.58. The zero-order valence-electron chi connectivity index (χ0n) is 13.5. The predicted molar refractivity (Wildman–Crippen MR) is 89.9 cm³/mol. The fourth-order valence-corrected chi connectivity index (χ4v) is 1.73. The SMILES string of the molecule is CC(=NOC(=O)c1ccc(-c2ccccc2)cc1)C(C)(C)C. The van der Waals surface area contributed by atoms with Crippen molar-refractivity contribution in [2.75, 3.05) is 0 Å². The molecule has 2 aromatic carbocycles. The normalized spacial score (nSPS) is 12.1. The van der Waals surface area contributed by atoms with Crippen LogP contribution in [-0.2, 0) is 4.84 Å². The quantitative estimate of drug-likeness (QED) is 0.457. The van der Waals surface area contributed by atoms with Crippen molar-refractivity contribution in [3.63, 3.8) is 0 Å². The zero-order valence-corrected chi connectivity index (χ0v) is 13.5. The molecule has 22 heavy (non-hydrogen) atoms. The molecule has 0 heterocycles. The van der Waals surface area contributed by atoms with E-state index in [1.54, 1.807) is 12.1 Å². The molecule has 0 aliphatic rings. The maximum Gasteiger partial charge on any atom is 0.365 e. The summed E-state index contributed by atoms with van der Waals surface area (Å²) >= 11 is 0. The van der Waals surface area contributed by atoms with E-state index in [-0.39, 0.29) is 5.41 Å². The van der Waals surface area contributed by atoms with E-state index in [9.17, 15) is 4.79 Å². The third kappa shape index (κ3) is 4.04. The molecule has 0 aliphatic carbocycles. The van der Waals surface area contributed by atoms with E-state index >= 15 is 0 Å². The first-order valence-corrected chi connectivity index (χ1v) is 7.30. The van der Waals surface area contributed by atoms with Crippen LogP contribution in [0.5, 0.6) is 0 Å². The Morgan fingerprint density at radius 3 is 2.00 bits per heavy atom. The monoisotopic (exact) mass is 295 g/mol. The molecule has 0 bridgehead atoms. The first-order valence-electron chi connectivity index (χ1n) is 7.30. The Hall–Kier alpha value is -2.42. The summed E-state index contributed by atoms with van der Waals surface area (Å²) in [7, 11) is 0. The van der Waals surface area contributed by atoms with Crippen LogP contribution in [0.1, 0.15) is 38.1 Å². The highest BCUT2D eigenvalue weighted by Gasteiger charge is 2.16. The van der Waals surface area contributed by atoms with Gasteiger partial charge in [-0.2, -0.15) is 0 Å². The smallest absolute Gasteiger partial charge is 0.313 e. The Labute approximate surface area is 131 Å². The number of carbonyl (C=O) groups excluding carboxylic acids is 1. The molecule has 0 N–H and O–H groups in total. The molecule has 3 heteroatoms. The number of hydrogen-bond donors (Lipinski definition) is 0. The highest BCUT2D eigenvalue weighted by atomic mass is 16.7. The average Bonchev–Trinajstić information content (AvgIpc) is 2.52. The molecule has 0 saturated carbocycles. The minimum absolute atomic E-state index is 0.114. The molecule has 2 rings (SSSR count). The minimum atomic E-state index is -0.441. The van der Waals surface area contributed by atoms with Crippen molar-refractivity contribution in [1.29, 1.82) is 0 Å². The van der Waals surface area contributed by atoms with E-state index in [4.69, 9.17) is 4.84 Å². The van der Waals surface area contributed by atoms with Crippen LogP contribution in [0.25, 0.3) is 11.1 Å². The van der Waals surface area contributed by atoms with E-state index < -0.39 is 5.97 Å². The molecule has 0 fully saturated rings. The number of benzene rings is 2. The number of oxime groups is 1. The molecule has 0 radical (unpaired) electrons. The second-order valence-corrected chi connectivity index (χ2v) is 6.25. The standard InChI is InChI=1S/C19H21NO2/c1-14(19(2,3)4)20-22-18(21)17-12-10-16(11-13-17)15-8-6-5-7-9-15/h5-13H,1-4H3. The first-order chi connectivity index (χ1) is 10.4. The highest BCUT2D eigenvalue weighted by Crippen LogP contribution is 2.20. The molecule has 0 spiro atoms. The van der Waals surface area contributed by atoms with Gasteiger partial charge in [0.2, 0.25) is 0 Å². The van der Waals surface area contributed by atoms with Gasteiger partial charge in [0.05, 0.1) is 11.3 Å². The van der Waals surface area contributed by atoms with Gasteiger partial charge in [-0.05, 0) is 30.2 Å². The van der Waals surface area contributed by atoms with Crippen molar-refractivity contribution in [1.82, 2.24) is 0 Å². The largest absolute Gasteiger partial charge is 0.365 e. The topological polar surface area (TPSA) is 38.7 Å². The second-order valence-electron chi connectivity index (χ2n) is 6.25. The Balaban J connectivity index is 2.09. The Kier molecular flexibility index (Phi) is 4.76. The third-order valence-electron chi connectivity index (χ3n) is 3.58. The number of carbonyl (C=O) groups is 1. The van der Waals surface area contributed by atoms with Gasteiger partial charge in [-0.15, -0.1) is 0 Å². The molecule has 0 saturated heterocycles. The lowest BCUT2D eigenvalue weighted by molar-refractivity contribution is 0.0512. The van der Waals surface area contributed by atoms with Gasteiger partial charge in [-0.25, -0.2) is 4.79 Å². The molecule has 0 aliphatic heterocycles. The van der Waals surface area contributed by atoms with Crippen LogP contribution in [0, 0.1) is 5.41 Å². The molecule has 0 aromatic heterocycles. The van der Waals surface area contributed by atoms with Gasteiger partial charge in [0.25, 0.3) is 0 Å². The van der Waals surface area contributed by atoms with E-state index in [0.717, 1.165) is 16.8 Å². The molecular weight excluding hydrogens is 274 g/mol. The zero-order chi connectivity index (χ0) is 16.2. The summed E-state index contributed by atoms with van der Waals surface area (Å²) in [6.07, 6.45) is 0. The van der Waals surface area contributed by atoms with Crippen LogP contribution in [0.2, 0.25) is 0 Å². The number of nitrogens with zero attached hydrogens (tertiary/aromatic N) is 1. The van der Waals surface area contributed by atoms with E-state index in [1.165, 1.54) is 0 Å². The molecule has 0 unspecified atom stereocenters. The van der Waals surface area contributed by atoms with E-state index in [2.05, 4.69) is 5.16 Å². The van der Waals surface area contributed by atoms with Gasteiger partial charge in [-0.1, -0.05) is 68.4 Å². The van der Waals surface area contributed by atoms with Gasteiger partial charge in [0.1, 0.15) is 0 Å². The number of rotatable bonds is 3. The first kappa shape index (κ1) is 16.0. The molecule has 2 aromatic rings. The van der Waals surface area contributed by atoms with Gasteiger partial charge in [0, 0.05) is 5.41 Å². The van der Waals surface area contributed by atoms with Crippen LogP contribution < -0.4 is 0 Å². The molecular formula is C19H21NO2. The van der Waals surface area contributed by atoms with Crippen molar-refractivity contribution in [3.05, 3.63) is 60.2 Å². The van der Waals surface area contributed by atoms with E-state index in [0.29, 0.717) is 5.56 Å². The van der Waals surface area contributed by atoms with Crippen molar-refractivity contribution in [3.8, 4) is 11.1 Å². The highest BCUT2D eigenvalue weighted by molar-refractivity contribution is 5.92. The predicted octanol–water partition coefficient (Wildman–Crippen LogP) is 4.93. The lowest BCUT2D eigenvalue weighted by Gasteiger charge is -2.16. The lowest BCUT2D eigenvalue weighted by atomic mass is 9.91. The molecule has 0 atom stereocenters. The summed E-state index contributed by atoms with van der Waals surface area (Å²) in [5, 5.41) is 3.92. The summed E-state index contributed by atoms with van der Waals surface area (Å²) in [6.45, 7) is 7.92. The Morgan fingerprint density at radius 2 is 1.45 bits per heavy atom. The summed E-state index contributed by atoms with van der Waals surface area (Å²) < 4.78 is 0. The van der Waals surface area contributed by atoms with Crippen molar-refractivity contribution >= 4 is 11.7 Å². The molecule has 3 nitrogen and oxygen atoms in total. The van der Waals surface area contributed by atoms with Crippen LogP contribution in [0.3, 0.4) is 0 Å². The summed E-state index contributed by atoms with van der Waals surface area (Å²) in [5.74, 6) is -0.441. The van der Waals surface area contributed by atoms with Crippen LogP contribution in [-0.4, -0.2) is 11.7 Å². The Bertz CT molecular complexity index is 665. The van der Waals surface area contributed by atoms with Crippen LogP contribution in [0.4, 0.5) is 0 Å². The summed E-state index contributed by atoms with van der Waals surface area (Å²) in [5.41, 5.74) is 3.33. The fourth-order valence-electron chi connectivity index (χ4n) is 1.73. The fraction of sp³-hybridized carbons (Fsp3) is 0.263. The molecule has 0 amide bonds. The maximum atomic E-state index is 12.0. The summed E-state index contributed by atoms with van der Waals surface area (Å²) in [4.78, 5) is 17.0. The second kappa shape index (κ2) is 6.56. The van der Waals surface area contributed by atoms with Crippen molar-refractivity contribution < 1.29 is 9.63 Å². The Morgan fingerprint density at radius 1 is 0.909 bits per heavy atom. The van der Waals surface area contributed by atoms with Crippen LogP contribution in [0.15, 0.2) is 59.8 Å². The van der Waals surface area contributed by atoms with Crippen molar-refractivity contribution in [2.24, 2.45) is 10.6 Å². The average molecular weight is 295 g/mol. The van der Waals surface area contributed by atoms with Gasteiger partial charge >= 0.3 is 5.97 Å². The van der Waals surface area contributed by atoms with Gasteiger partial charge < -0.3 is 4.84 Å². The number of hydrogen-bond acceptors (Lipinski definition) is 3. The van der Waals surface area contributed by atoms with Gasteiger partial charge in [-0.3, -0.25) is 0 Å². The molecule has 114 valence electrons. The minimum Gasteiger partial charge on any atom is -0.313 e. The lowest BCUT2D eigenvalue weighted by Crippen LogP contribution is -2.17. The van der Waals surface area contributed by atoms with Gasteiger partial charge in [0.15, 0.2) is 0 Å².